The molecule has 1 rings (SSSR count). The van der Waals surface area contributed by atoms with Crippen LogP contribution >= 0.6 is 0 Å². The SMILES string of the molecule is CC(C)(C)NC(=O)OCc1ccc([N+](=O)[O-])cc1. The lowest BCUT2D eigenvalue weighted by atomic mass is 10.1. The molecule has 1 amide bonds. The highest BCUT2D eigenvalue weighted by Gasteiger charge is 2.14. The summed E-state index contributed by atoms with van der Waals surface area (Å²) in [5.74, 6) is 0. The molecule has 1 N–H and O–H groups in total. The van der Waals surface area contributed by atoms with Crippen molar-refractivity contribution in [3.05, 3.63) is 39.9 Å². The van der Waals surface area contributed by atoms with Crippen molar-refractivity contribution in [1.82, 2.24) is 5.32 Å². The van der Waals surface area contributed by atoms with Crippen LogP contribution < -0.4 is 5.32 Å². The average molecular weight is 252 g/mol. The minimum atomic E-state index is -0.513. The third-order valence-electron chi connectivity index (χ3n) is 1.99. The van der Waals surface area contributed by atoms with E-state index >= 15 is 0 Å². The average Bonchev–Trinajstić information content (AvgIpc) is 2.24. The maximum atomic E-state index is 11.4. The Morgan fingerprint density at radius 2 is 1.89 bits per heavy atom. The Labute approximate surface area is 105 Å². The zero-order chi connectivity index (χ0) is 13.8. The minimum Gasteiger partial charge on any atom is -0.445 e. The van der Waals surface area contributed by atoms with Gasteiger partial charge in [-0.2, -0.15) is 0 Å². The molecule has 0 aliphatic carbocycles. The summed E-state index contributed by atoms with van der Waals surface area (Å²) in [5, 5.41) is 13.1. The van der Waals surface area contributed by atoms with E-state index in [4.69, 9.17) is 4.74 Å². The third-order valence-corrected chi connectivity index (χ3v) is 1.99. The minimum absolute atomic E-state index is 0.0119. The lowest BCUT2D eigenvalue weighted by Crippen LogP contribution is -2.40. The number of hydrogen-bond donors (Lipinski definition) is 1. The Kier molecular flexibility index (Phi) is 4.25. The molecule has 1 aromatic carbocycles. The van der Waals surface area contributed by atoms with E-state index in [2.05, 4.69) is 5.32 Å². The van der Waals surface area contributed by atoms with Crippen LogP contribution in [0.5, 0.6) is 0 Å². The van der Waals surface area contributed by atoms with E-state index in [1.54, 1.807) is 12.1 Å². The Balaban J connectivity index is 2.49. The van der Waals surface area contributed by atoms with Crippen molar-refractivity contribution < 1.29 is 14.5 Å². The van der Waals surface area contributed by atoms with Crippen molar-refractivity contribution in [2.75, 3.05) is 0 Å². The van der Waals surface area contributed by atoms with Crippen molar-refractivity contribution in [3.8, 4) is 0 Å². The highest BCUT2D eigenvalue weighted by molar-refractivity contribution is 5.68. The van der Waals surface area contributed by atoms with E-state index in [9.17, 15) is 14.9 Å². The fraction of sp³-hybridized carbons (Fsp3) is 0.417. The van der Waals surface area contributed by atoms with Crippen LogP contribution in [0.3, 0.4) is 0 Å². The molecule has 0 heterocycles. The molecule has 0 aliphatic rings. The van der Waals surface area contributed by atoms with Crippen LogP contribution in [0.15, 0.2) is 24.3 Å². The molecule has 0 saturated heterocycles. The monoisotopic (exact) mass is 252 g/mol. The van der Waals surface area contributed by atoms with Gasteiger partial charge >= 0.3 is 6.09 Å². The van der Waals surface area contributed by atoms with Gasteiger partial charge in [-0.05, 0) is 38.5 Å². The fourth-order valence-corrected chi connectivity index (χ4v) is 1.21. The lowest BCUT2D eigenvalue weighted by Gasteiger charge is -2.19. The first-order valence-electron chi connectivity index (χ1n) is 5.46. The van der Waals surface area contributed by atoms with Crippen LogP contribution in [-0.4, -0.2) is 16.6 Å². The molecule has 0 atom stereocenters. The number of nitro groups is 1. The first-order chi connectivity index (χ1) is 8.28. The Morgan fingerprint density at radius 3 is 2.33 bits per heavy atom. The lowest BCUT2D eigenvalue weighted by molar-refractivity contribution is -0.384. The van der Waals surface area contributed by atoms with Gasteiger partial charge in [0.05, 0.1) is 4.92 Å². The van der Waals surface area contributed by atoms with E-state index in [1.165, 1.54) is 12.1 Å². The van der Waals surface area contributed by atoms with Crippen molar-refractivity contribution in [1.29, 1.82) is 0 Å². The summed E-state index contributed by atoms with van der Waals surface area (Å²) in [7, 11) is 0. The molecule has 0 radical (unpaired) electrons. The van der Waals surface area contributed by atoms with Gasteiger partial charge in [-0.25, -0.2) is 4.79 Å². The number of amides is 1. The second kappa shape index (κ2) is 5.48. The van der Waals surface area contributed by atoms with E-state index in [0.29, 0.717) is 5.56 Å². The van der Waals surface area contributed by atoms with Gasteiger partial charge in [-0.1, -0.05) is 0 Å². The predicted molar refractivity (Wildman–Crippen MR) is 66.2 cm³/mol. The predicted octanol–water partition coefficient (Wildman–Crippen LogP) is 2.62. The summed E-state index contributed by atoms with van der Waals surface area (Å²) >= 11 is 0. The number of nitrogens with one attached hydrogen (secondary N) is 1. The van der Waals surface area contributed by atoms with Crippen LogP contribution in [0, 0.1) is 10.1 Å². The number of rotatable bonds is 3. The second-order valence-electron chi connectivity index (χ2n) is 4.87. The van der Waals surface area contributed by atoms with E-state index in [1.807, 2.05) is 20.8 Å². The zero-order valence-electron chi connectivity index (χ0n) is 10.6. The van der Waals surface area contributed by atoms with Gasteiger partial charge in [0, 0.05) is 17.7 Å². The molecule has 18 heavy (non-hydrogen) atoms. The summed E-state index contributed by atoms with van der Waals surface area (Å²) in [4.78, 5) is 21.3. The summed E-state index contributed by atoms with van der Waals surface area (Å²) in [5.41, 5.74) is 0.356. The highest BCUT2D eigenvalue weighted by Crippen LogP contribution is 2.12. The number of carbonyl (C=O) groups excluding carboxylic acids is 1. The molecule has 6 heteroatoms. The maximum absolute atomic E-state index is 11.4. The standard InChI is InChI=1S/C12H16N2O4/c1-12(2,3)13-11(15)18-8-9-4-6-10(7-5-9)14(16)17/h4-7H,8H2,1-3H3,(H,13,15). The smallest absolute Gasteiger partial charge is 0.407 e. The number of nitrogens with zero attached hydrogens (tertiary/aromatic N) is 1. The number of non-ortho nitro benzene ring substituents is 1. The molecule has 0 aliphatic heterocycles. The van der Waals surface area contributed by atoms with Crippen LogP contribution in [0.25, 0.3) is 0 Å². The summed E-state index contributed by atoms with van der Waals surface area (Å²) < 4.78 is 4.98. The number of hydrogen-bond acceptors (Lipinski definition) is 4. The largest absolute Gasteiger partial charge is 0.445 e. The summed E-state index contributed by atoms with van der Waals surface area (Å²) in [6.07, 6.45) is -0.513. The molecule has 98 valence electrons. The molecular formula is C12H16N2O4. The first kappa shape index (κ1) is 14.0. The molecule has 0 unspecified atom stereocenters. The van der Waals surface area contributed by atoms with E-state index in [0.717, 1.165) is 0 Å². The molecule has 0 bridgehead atoms. The van der Waals surface area contributed by atoms with Crippen LogP contribution in [0.2, 0.25) is 0 Å². The maximum Gasteiger partial charge on any atom is 0.407 e. The summed E-state index contributed by atoms with van der Waals surface area (Å²) in [6.45, 7) is 5.63. The fourth-order valence-electron chi connectivity index (χ4n) is 1.21. The molecular weight excluding hydrogens is 236 g/mol. The Bertz CT molecular complexity index is 434. The van der Waals surface area contributed by atoms with Gasteiger partial charge in [-0.3, -0.25) is 10.1 Å². The van der Waals surface area contributed by atoms with Gasteiger partial charge in [0.15, 0.2) is 0 Å². The molecule has 0 fully saturated rings. The normalized spacial score (nSPS) is 10.8. The second-order valence-corrected chi connectivity index (χ2v) is 4.87. The van der Waals surface area contributed by atoms with Gasteiger partial charge in [0.2, 0.25) is 0 Å². The Hall–Kier alpha value is -2.11. The van der Waals surface area contributed by atoms with E-state index in [-0.39, 0.29) is 17.8 Å². The number of ether oxygens (including phenoxy) is 1. The van der Waals surface area contributed by atoms with Crippen LogP contribution in [0.4, 0.5) is 10.5 Å². The zero-order valence-corrected chi connectivity index (χ0v) is 10.6. The number of alkyl carbamates (subject to hydrolysis) is 1. The third kappa shape index (κ3) is 4.82. The quantitative estimate of drug-likeness (QED) is 0.662. The van der Waals surface area contributed by atoms with Crippen LogP contribution in [0.1, 0.15) is 26.3 Å². The number of carbonyl (C=O) groups is 1. The molecule has 6 nitrogen and oxygen atoms in total. The van der Waals surface area contributed by atoms with Crippen LogP contribution in [-0.2, 0) is 11.3 Å². The van der Waals surface area contributed by atoms with Gasteiger partial charge < -0.3 is 10.1 Å². The van der Waals surface area contributed by atoms with Crippen molar-refractivity contribution in [2.24, 2.45) is 0 Å². The topological polar surface area (TPSA) is 81.5 Å². The van der Waals surface area contributed by atoms with Crippen molar-refractivity contribution >= 4 is 11.8 Å². The molecule has 0 saturated carbocycles. The molecule has 1 aromatic rings. The Morgan fingerprint density at radius 1 is 1.33 bits per heavy atom. The number of nitro benzene ring substituents is 1. The van der Waals surface area contributed by atoms with Gasteiger partial charge in [0.25, 0.3) is 5.69 Å². The van der Waals surface area contributed by atoms with Crippen molar-refractivity contribution in [3.63, 3.8) is 0 Å². The molecule has 0 aromatic heterocycles. The van der Waals surface area contributed by atoms with Gasteiger partial charge in [-0.15, -0.1) is 0 Å². The first-order valence-corrected chi connectivity index (χ1v) is 5.46. The van der Waals surface area contributed by atoms with Gasteiger partial charge in [0.1, 0.15) is 6.61 Å². The highest BCUT2D eigenvalue weighted by atomic mass is 16.6. The molecule has 0 spiro atoms. The van der Waals surface area contributed by atoms with Crippen molar-refractivity contribution in [2.45, 2.75) is 32.9 Å². The van der Waals surface area contributed by atoms with E-state index < -0.39 is 11.0 Å². The number of benzene rings is 1. The summed E-state index contributed by atoms with van der Waals surface area (Å²) in [6, 6.07) is 5.87.